The molecule has 24 heavy (non-hydrogen) atoms. The molecule has 0 unspecified atom stereocenters. The third-order valence-corrected chi connectivity index (χ3v) is 4.49. The first-order chi connectivity index (χ1) is 11.8. The van der Waals surface area contributed by atoms with Gasteiger partial charge in [0.05, 0.1) is 5.52 Å². The van der Waals surface area contributed by atoms with Crippen LogP contribution in [-0.2, 0) is 11.3 Å². The molecule has 4 rings (SSSR count). The Morgan fingerprint density at radius 3 is 2.75 bits per heavy atom. The second-order valence-corrected chi connectivity index (χ2v) is 6.11. The van der Waals surface area contributed by atoms with Crippen molar-refractivity contribution in [3.05, 3.63) is 72.4 Å². The molecule has 120 valence electrons. The molecular formula is C20H19N3O. The molecule has 0 aliphatic carbocycles. The highest BCUT2D eigenvalue weighted by atomic mass is 16.2. The maximum Gasteiger partial charge on any atom is 0.228 e. The van der Waals surface area contributed by atoms with Crippen molar-refractivity contribution in [3.63, 3.8) is 0 Å². The second kappa shape index (κ2) is 6.42. The highest BCUT2D eigenvalue weighted by molar-refractivity contribution is 5.96. The topological polar surface area (TPSA) is 45.2 Å². The van der Waals surface area contributed by atoms with Crippen molar-refractivity contribution >= 4 is 22.5 Å². The molecule has 3 aromatic rings. The first kappa shape index (κ1) is 14.8. The van der Waals surface area contributed by atoms with Gasteiger partial charge in [-0.05, 0) is 23.8 Å². The molecule has 1 atom stereocenters. The number of nitrogens with one attached hydrogen (secondary N) is 1. The van der Waals surface area contributed by atoms with E-state index in [0.717, 1.165) is 23.1 Å². The van der Waals surface area contributed by atoms with Crippen molar-refractivity contribution in [3.8, 4) is 0 Å². The zero-order chi connectivity index (χ0) is 16.4. The van der Waals surface area contributed by atoms with E-state index in [4.69, 9.17) is 0 Å². The van der Waals surface area contributed by atoms with Crippen molar-refractivity contribution in [1.82, 2.24) is 10.3 Å². The van der Waals surface area contributed by atoms with E-state index in [-0.39, 0.29) is 11.9 Å². The van der Waals surface area contributed by atoms with Gasteiger partial charge < -0.3 is 10.2 Å². The SMILES string of the molecule is O=C1C[C@@H](NCc2cccc3cccnc23)CN1c1ccccc1. The van der Waals surface area contributed by atoms with Gasteiger partial charge >= 0.3 is 0 Å². The number of carbonyl (C=O) groups is 1. The maximum absolute atomic E-state index is 12.3. The third-order valence-electron chi connectivity index (χ3n) is 4.49. The summed E-state index contributed by atoms with van der Waals surface area (Å²) < 4.78 is 0. The van der Waals surface area contributed by atoms with Crippen LogP contribution in [-0.4, -0.2) is 23.5 Å². The Morgan fingerprint density at radius 1 is 1.04 bits per heavy atom. The molecule has 1 aromatic heterocycles. The molecule has 0 radical (unpaired) electrons. The Kier molecular flexibility index (Phi) is 3.97. The maximum atomic E-state index is 12.3. The van der Waals surface area contributed by atoms with Crippen LogP contribution in [0.15, 0.2) is 66.9 Å². The number of nitrogens with zero attached hydrogens (tertiary/aromatic N) is 2. The summed E-state index contributed by atoms with van der Waals surface area (Å²) in [6.45, 7) is 1.43. The van der Waals surface area contributed by atoms with Crippen molar-refractivity contribution in [1.29, 1.82) is 0 Å². The number of aromatic nitrogens is 1. The first-order valence-electron chi connectivity index (χ1n) is 8.23. The fraction of sp³-hybridized carbons (Fsp3) is 0.200. The van der Waals surface area contributed by atoms with Crippen LogP contribution in [0, 0.1) is 0 Å². The average Bonchev–Trinajstić information content (AvgIpc) is 3.01. The number of hydrogen-bond acceptors (Lipinski definition) is 3. The molecule has 1 saturated heterocycles. The third kappa shape index (κ3) is 2.88. The standard InChI is InChI=1S/C20H19N3O/c24-19-12-17(14-23(19)18-9-2-1-3-10-18)22-13-16-7-4-6-15-8-5-11-21-20(15)16/h1-11,17,22H,12-14H2/t17-/m1/s1. The van der Waals surface area contributed by atoms with Crippen molar-refractivity contribution < 1.29 is 4.79 Å². The summed E-state index contributed by atoms with van der Waals surface area (Å²) in [6, 6.07) is 20.3. The monoisotopic (exact) mass is 317 g/mol. The predicted octanol–water partition coefficient (Wildman–Crippen LogP) is 3.13. The van der Waals surface area contributed by atoms with Gasteiger partial charge in [-0.1, -0.05) is 42.5 Å². The smallest absolute Gasteiger partial charge is 0.228 e. The Hall–Kier alpha value is -2.72. The number of amides is 1. The van der Waals surface area contributed by atoms with Gasteiger partial charge in [-0.15, -0.1) is 0 Å². The molecule has 1 fully saturated rings. The second-order valence-electron chi connectivity index (χ2n) is 6.11. The van der Waals surface area contributed by atoms with Crippen LogP contribution in [0.2, 0.25) is 0 Å². The van der Waals surface area contributed by atoms with Crippen LogP contribution < -0.4 is 10.2 Å². The summed E-state index contributed by atoms with van der Waals surface area (Å²) in [4.78, 5) is 18.6. The fourth-order valence-corrected chi connectivity index (χ4v) is 3.27. The van der Waals surface area contributed by atoms with E-state index >= 15 is 0 Å². The van der Waals surface area contributed by atoms with Crippen molar-refractivity contribution in [2.45, 2.75) is 19.0 Å². The molecule has 0 spiro atoms. The minimum absolute atomic E-state index is 0.164. The summed E-state index contributed by atoms with van der Waals surface area (Å²) in [7, 11) is 0. The van der Waals surface area contributed by atoms with Crippen LogP contribution in [0.3, 0.4) is 0 Å². The number of carbonyl (C=O) groups excluding carboxylic acids is 1. The van der Waals surface area contributed by atoms with Crippen LogP contribution in [0.5, 0.6) is 0 Å². The minimum Gasteiger partial charge on any atom is -0.311 e. The lowest BCUT2D eigenvalue weighted by Gasteiger charge is -2.17. The number of rotatable bonds is 4. The molecule has 1 aliphatic rings. The fourth-order valence-electron chi connectivity index (χ4n) is 3.27. The Bertz CT molecular complexity index is 858. The zero-order valence-electron chi connectivity index (χ0n) is 13.4. The lowest BCUT2D eigenvalue weighted by molar-refractivity contribution is -0.117. The van der Waals surface area contributed by atoms with Gasteiger partial charge in [-0.25, -0.2) is 0 Å². The molecule has 0 bridgehead atoms. The summed E-state index contributed by atoms with van der Waals surface area (Å²) >= 11 is 0. The van der Waals surface area contributed by atoms with Crippen LogP contribution in [0.4, 0.5) is 5.69 Å². The number of anilines is 1. The van der Waals surface area contributed by atoms with E-state index in [9.17, 15) is 4.79 Å². The molecular weight excluding hydrogens is 298 g/mol. The van der Waals surface area contributed by atoms with Gasteiger partial charge in [0.2, 0.25) is 5.91 Å². The van der Waals surface area contributed by atoms with E-state index in [1.165, 1.54) is 5.56 Å². The van der Waals surface area contributed by atoms with E-state index < -0.39 is 0 Å². The van der Waals surface area contributed by atoms with Gasteiger partial charge in [-0.3, -0.25) is 9.78 Å². The lowest BCUT2D eigenvalue weighted by Crippen LogP contribution is -2.32. The Balaban J connectivity index is 1.46. The molecule has 2 aromatic carbocycles. The quantitative estimate of drug-likeness (QED) is 0.804. The molecule has 0 saturated carbocycles. The van der Waals surface area contributed by atoms with Crippen LogP contribution in [0.25, 0.3) is 10.9 Å². The molecule has 2 heterocycles. The molecule has 1 aliphatic heterocycles. The zero-order valence-corrected chi connectivity index (χ0v) is 13.4. The number of pyridine rings is 1. The molecule has 1 N–H and O–H groups in total. The number of para-hydroxylation sites is 2. The van der Waals surface area contributed by atoms with Gasteiger partial charge in [0, 0.05) is 42.8 Å². The highest BCUT2D eigenvalue weighted by Gasteiger charge is 2.30. The van der Waals surface area contributed by atoms with Crippen LogP contribution >= 0.6 is 0 Å². The summed E-state index contributed by atoms with van der Waals surface area (Å²) in [5, 5.41) is 4.66. The van der Waals surface area contributed by atoms with Gasteiger partial charge in [0.15, 0.2) is 0 Å². The van der Waals surface area contributed by atoms with Gasteiger partial charge in [-0.2, -0.15) is 0 Å². The summed E-state index contributed by atoms with van der Waals surface area (Å²) in [6.07, 6.45) is 2.36. The van der Waals surface area contributed by atoms with E-state index in [1.807, 2.05) is 47.5 Å². The largest absolute Gasteiger partial charge is 0.311 e. The molecule has 4 heteroatoms. The first-order valence-corrected chi connectivity index (χ1v) is 8.23. The predicted molar refractivity (Wildman–Crippen MR) is 95.8 cm³/mol. The molecule has 4 nitrogen and oxygen atoms in total. The highest BCUT2D eigenvalue weighted by Crippen LogP contribution is 2.22. The van der Waals surface area contributed by atoms with E-state index in [0.29, 0.717) is 13.0 Å². The summed E-state index contributed by atoms with van der Waals surface area (Å²) in [5.41, 5.74) is 3.16. The Morgan fingerprint density at radius 2 is 1.88 bits per heavy atom. The van der Waals surface area contributed by atoms with E-state index in [2.05, 4.69) is 34.6 Å². The number of hydrogen-bond donors (Lipinski definition) is 1. The minimum atomic E-state index is 0.164. The van der Waals surface area contributed by atoms with Crippen molar-refractivity contribution in [2.24, 2.45) is 0 Å². The lowest BCUT2D eigenvalue weighted by atomic mass is 10.1. The van der Waals surface area contributed by atoms with E-state index in [1.54, 1.807) is 0 Å². The van der Waals surface area contributed by atoms with Crippen molar-refractivity contribution in [2.75, 3.05) is 11.4 Å². The number of fused-ring (bicyclic) bond motifs is 1. The Labute approximate surface area is 141 Å². The number of benzene rings is 2. The van der Waals surface area contributed by atoms with Gasteiger partial charge in [0.25, 0.3) is 0 Å². The normalized spacial score (nSPS) is 17.6. The average molecular weight is 317 g/mol. The van der Waals surface area contributed by atoms with Crippen LogP contribution in [0.1, 0.15) is 12.0 Å². The summed E-state index contributed by atoms with van der Waals surface area (Å²) in [5.74, 6) is 0.176. The van der Waals surface area contributed by atoms with Gasteiger partial charge in [0.1, 0.15) is 0 Å². The molecule has 1 amide bonds.